The molecule has 0 bridgehead atoms. The summed E-state index contributed by atoms with van der Waals surface area (Å²) in [6, 6.07) is 8.95. The van der Waals surface area contributed by atoms with Crippen LogP contribution in [0, 0.1) is 12.7 Å². The normalized spacial score (nSPS) is 14.1. The number of aryl methyl sites for hydroxylation is 1. The fourth-order valence-corrected chi connectivity index (χ4v) is 4.27. The minimum Gasteiger partial charge on any atom is -0.338 e. The molecule has 1 amide bonds. The van der Waals surface area contributed by atoms with Gasteiger partial charge in [0.1, 0.15) is 5.82 Å². The van der Waals surface area contributed by atoms with Crippen LogP contribution in [0.2, 0.25) is 0 Å². The van der Waals surface area contributed by atoms with Crippen molar-refractivity contribution < 1.29 is 17.6 Å². The van der Waals surface area contributed by atoms with E-state index < -0.39 is 15.8 Å². The lowest BCUT2D eigenvalue weighted by Gasteiger charge is -2.28. The predicted octanol–water partition coefficient (Wildman–Crippen LogP) is 2.84. The van der Waals surface area contributed by atoms with Gasteiger partial charge in [-0.05, 0) is 54.3 Å². The number of rotatable bonds is 3. The zero-order valence-corrected chi connectivity index (χ0v) is 14.9. The molecule has 5 nitrogen and oxygen atoms in total. The fraction of sp³-hybridized carbons (Fsp3) is 0.278. The van der Waals surface area contributed by atoms with Crippen molar-refractivity contribution in [1.29, 1.82) is 0 Å². The third-order valence-electron chi connectivity index (χ3n) is 4.36. The van der Waals surface area contributed by atoms with E-state index in [1.807, 2.05) is 6.07 Å². The van der Waals surface area contributed by atoms with Crippen molar-refractivity contribution in [2.45, 2.75) is 31.7 Å². The van der Waals surface area contributed by atoms with Gasteiger partial charge in [0.05, 0.1) is 4.90 Å². The van der Waals surface area contributed by atoms with Crippen LogP contribution in [-0.2, 0) is 27.8 Å². The fourth-order valence-electron chi connectivity index (χ4n) is 2.96. The molecule has 0 aromatic heterocycles. The van der Waals surface area contributed by atoms with Gasteiger partial charge >= 0.3 is 0 Å². The Hall–Kier alpha value is -2.41. The molecule has 0 spiro atoms. The van der Waals surface area contributed by atoms with Crippen molar-refractivity contribution >= 4 is 21.6 Å². The van der Waals surface area contributed by atoms with Gasteiger partial charge in [-0.25, -0.2) is 12.8 Å². The van der Waals surface area contributed by atoms with Crippen LogP contribution >= 0.6 is 0 Å². The van der Waals surface area contributed by atoms with E-state index in [1.165, 1.54) is 19.1 Å². The largest absolute Gasteiger partial charge is 0.338 e. The van der Waals surface area contributed by atoms with Crippen molar-refractivity contribution in [1.82, 2.24) is 4.90 Å². The van der Waals surface area contributed by atoms with Gasteiger partial charge < -0.3 is 4.90 Å². The Balaban J connectivity index is 1.90. The summed E-state index contributed by atoms with van der Waals surface area (Å²) >= 11 is 0. The van der Waals surface area contributed by atoms with E-state index in [4.69, 9.17) is 0 Å². The van der Waals surface area contributed by atoms with E-state index in [1.54, 1.807) is 24.0 Å². The van der Waals surface area contributed by atoms with Crippen molar-refractivity contribution in [2.75, 3.05) is 11.3 Å². The summed E-state index contributed by atoms with van der Waals surface area (Å²) in [6.45, 7) is 4.25. The zero-order chi connectivity index (χ0) is 18.2. The molecular formula is C18H19FN2O3S. The molecule has 0 atom stereocenters. The zero-order valence-electron chi connectivity index (χ0n) is 14.0. The van der Waals surface area contributed by atoms with Gasteiger partial charge in [0.25, 0.3) is 10.0 Å². The molecule has 0 aliphatic carbocycles. The van der Waals surface area contributed by atoms with Crippen LogP contribution in [0.5, 0.6) is 0 Å². The molecule has 0 fully saturated rings. The van der Waals surface area contributed by atoms with E-state index >= 15 is 0 Å². The van der Waals surface area contributed by atoms with Crippen molar-refractivity contribution in [3.63, 3.8) is 0 Å². The highest BCUT2D eigenvalue weighted by atomic mass is 32.2. The van der Waals surface area contributed by atoms with E-state index in [9.17, 15) is 17.6 Å². The van der Waals surface area contributed by atoms with Crippen LogP contribution in [0.4, 0.5) is 10.1 Å². The molecule has 3 rings (SSSR count). The molecule has 132 valence electrons. The average Bonchev–Trinajstić information content (AvgIpc) is 2.55. The van der Waals surface area contributed by atoms with Gasteiger partial charge in [-0.1, -0.05) is 12.1 Å². The second-order valence-corrected chi connectivity index (χ2v) is 7.84. The number of hydrogen-bond acceptors (Lipinski definition) is 3. The quantitative estimate of drug-likeness (QED) is 0.913. The lowest BCUT2D eigenvalue weighted by Crippen LogP contribution is -2.34. The Labute approximate surface area is 146 Å². The molecule has 25 heavy (non-hydrogen) atoms. The number of benzene rings is 2. The van der Waals surface area contributed by atoms with Crippen LogP contribution < -0.4 is 4.72 Å². The number of carbonyl (C=O) groups is 1. The predicted molar refractivity (Wildman–Crippen MR) is 93.2 cm³/mol. The van der Waals surface area contributed by atoms with Gasteiger partial charge in [-0.3, -0.25) is 9.52 Å². The number of carbonyl (C=O) groups excluding carboxylic acids is 1. The summed E-state index contributed by atoms with van der Waals surface area (Å²) in [5, 5.41) is 0. The summed E-state index contributed by atoms with van der Waals surface area (Å²) < 4.78 is 41.1. The molecule has 0 radical (unpaired) electrons. The SMILES string of the molecule is CC(=O)N1CCc2ccc(NS(=O)(=O)c3cc(F)ccc3C)cc2C1. The summed E-state index contributed by atoms with van der Waals surface area (Å²) in [5.41, 5.74) is 2.88. The van der Waals surface area contributed by atoms with Crippen molar-refractivity contribution in [2.24, 2.45) is 0 Å². The molecule has 2 aromatic carbocycles. The Bertz CT molecular complexity index is 941. The summed E-state index contributed by atoms with van der Waals surface area (Å²) in [4.78, 5) is 13.2. The maximum absolute atomic E-state index is 13.4. The van der Waals surface area contributed by atoms with Crippen LogP contribution in [0.15, 0.2) is 41.3 Å². The number of nitrogens with zero attached hydrogens (tertiary/aromatic N) is 1. The number of hydrogen-bond donors (Lipinski definition) is 1. The van der Waals surface area contributed by atoms with Gasteiger partial charge in [0.15, 0.2) is 0 Å². The summed E-state index contributed by atoms with van der Waals surface area (Å²) in [5.74, 6) is -0.611. The van der Waals surface area contributed by atoms with Crippen LogP contribution in [0.25, 0.3) is 0 Å². The van der Waals surface area contributed by atoms with Crippen molar-refractivity contribution in [3.05, 3.63) is 58.9 Å². The highest BCUT2D eigenvalue weighted by Crippen LogP contribution is 2.25. The van der Waals surface area contributed by atoms with Gasteiger partial charge in [0.2, 0.25) is 5.91 Å². The van der Waals surface area contributed by atoms with Crippen LogP contribution in [-0.4, -0.2) is 25.8 Å². The third-order valence-corrected chi connectivity index (χ3v) is 5.88. The lowest BCUT2D eigenvalue weighted by molar-refractivity contribution is -0.129. The molecule has 0 unspecified atom stereocenters. The van der Waals surface area contributed by atoms with Crippen LogP contribution in [0.3, 0.4) is 0 Å². The summed E-state index contributed by atoms with van der Waals surface area (Å²) in [6.07, 6.45) is 0.741. The number of amides is 1. The van der Waals surface area contributed by atoms with Gasteiger partial charge in [0, 0.05) is 25.7 Å². The van der Waals surface area contributed by atoms with Gasteiger partial charge in [-0.2, -0.15) is 0 Å². The van der Waals surface area contributed by atoms with E-state index in [0.29, 0.717) is 24.3 Å². The standard InChI is InChI=1S/C18H19FN2O3S/c1-12-3-5-16(19)10-18(12)25(23,24)20-17-6-4-14-7-8-21(13(2)22)11-15(14)9-17/h3-6,9-10,20H,7-8,11H2,1-2H3. The number of anilines is 1. The number of nitrogens with one attached hydrogen (secondary N) is 1. The first kappa shape index (κ1) is 17.4. The molecular weight excluding hydrogens is 343 g/mol. The molecule has 1 N–H and O–H groups in total. The minimum absolute atomic E-state index is 0.00739. The van der Waals surface area contributed by atoms with Crippen molar-refractivity contribution in [3.8, 4) is 0 Å². The molecule has 7 heteroatoms. The monoisotopic (exact) mass is 362 g/mol. The number of sulfonamides is 1. The molecule has 1 aliphatic heterocycles. The third kappa shape index (κ3) is 3.66. The first-order chi connectivity index (χ1) is 11.8. The molecule has 1 heterocycles. The highest BCUT2D eigenvalue weighted by molar-refractivity contribution is 7.92. The summed E-state index contributed by atoms with van der Waals surface area (Å²) in [7, 11) is -3.89. The Kier molecular flexibility index (Phi) is 4.51. The second-order valence-electron chi connectivity index (χ2n) is 6.19. The molecule has 2 aromatic rings. The van der Waals surface area contributed by atoms with Gasteiger partial charge in [-0.15, -0.1) is 0 Å². The highest BCUT2D eigenvalue weighted by Gasteiger charge is 2.21. The van der Waals surface area contributed by atoms with E-state index in [2.05, 4.69) is 4.72 Å². The number of halogens is 1. The Morgan fingerprint density at radius 3 is 2.64 bits per heavy atom. The Morgan fingerprint density at radius 2 is 1.92 bits per heavy atom. The first-order valence-corrected chi connectivity index (χ1v) is 9.41. The lowest BCUT2D eigenvalue weighted by atomic mass is 9.99. The average molecular weight is 362 g/mol. The second kappa shape index (κ2) is 6.48. The molecule has 0 saturated heterocycles. The van der Waals surface area contributed by atoms with Crippen LogP contribution in [0.1, 0.15) is 23.6 Å². The number of fused-ring (bicyclic) bond motifs is 1. The van der Waals surface area contributed by atoms with E-state index in [0.717, 1.165) is 23.6 Å². The minimum atomic E-state index is -3.89. The molecule has 1 aliphatic rings. The van der Waals surface area contributed by atoms with E-state index in [-0.39, 0.29) is 10.8 Å². The smallest absolute Gasteiger partial charge is 0.262 e. The Morgan fingerprint density at radius 1 is 1.16 bits per heavy atom. The molecule has 0 saturated carbocycles. The first-order valence-electron chi connectivity index (χ1n) is 7.92. The maximum atomic E-state index is 13.4. The maximum Gasteiger partial charge on any atom is 0.262 e. The topological polar surface area (TPSA) is 66.5 Å².